The van der Waals surface area contributed by atoms with Crippen LogP contribution in [0.4, 0.5) is 15.6 Å². The third kappa shape index (κ3) is 4.85. The molecule has 2 aliphatic heterocycles. The molecule has 2 aliphatic rings. The highest BCUT2D eigenvalue weighted by Gasteiger charge is 2.26. The fourth-order valence-electron chi connectivity index (χ4n) is 3.73. The number of fused-ring (bicyclic) bond motifs is 1. The van der Waals surface area contributed by atoms with Gasteiger partial charge in [0.2, 0.25) is 5.91 Å². The summed E-state index contributed by atoms with van der Waals surface area (Å²) >= 11 is 7.41. The molecule has 30 heavy (non-hydrogen) atoms. The van der Waals surface area contributed by atoms with E-state index in [4.69, 9.17) is 11.6 Å². The molecule has 10 heteroatoms. The molecule has 1 aromatic heterocycles. The van der Waals surface area contributed by atoms with Gasteiger partial charge in [-0.05, 0) is 24.3 Å². The lowest BCUT2D eigenvalue weighted by Gasteiger charge is -2.37. The van der Waals surface area contributed by atoms with Gasteiger partial charge in [0.05, 0.1) is 19.3 Å². The number of methoxy groups -OCH3 is 1. The van der Waals surface area contributed by atoms with E-state index in [0.717, 1.165) is 47.3 Å². The van der Waals surface area contributed by atoms with Crippen molar-refractivity contribution >= 4 is 45.8 Å². The molecule has 1 N–H and O–H groups in total. The molecule has 0 spiro atoms. The van der Waals surface area contributed by atoms with Crippen molar-refractivity contribution in [3.8, 4) is 0 Å². The number of piperazine rings is 1. The van der Waals surface area contributed by atoms with Crippen LogP contribution in [0.2, 0.25) is 5.02 Å². The Hall–Kier alpha value is -2.36. The number of rotatable bonds is 4. The Balaban J connectivity index is 1.28. The zero-order valence-electron chi connectivity index (χ0n) is 16.8. The summed E-state index contributed by atoms with van der Waals surface area (Å²) in [5, 5.41) is 3.89. The van der Waals surface area contributed by atoms with Crippen molar-refractivity contribution in [1.82, 2.24) is 14.8 Å². The number of benzene rings is 1. The Morgan fingerprint density at radius 3 is 2.60 bits per heavy atom. The number of nitrogens with zero attached hydrogens (tertiary/aromatic N) is 4. The molecule has 160 valence electrons. The predicted molar refractivity (Wildman–Crippen MR) is 117 cm³/mol. The molecule has 1 saturated heterocycles. The van der Waals surface area contributed by atoms with Crippen LogP contribution in [-0.4, -0.2) is 73.2 Å². The summed E-state index contributed by atoms with van der Waals surface area (Å²) in [6, 6.07) is 7.82. The number of ether oxygens (including phenoxy) is 1. The minimum atomic E-state index is -0.522. The van der Waals surface area contributed by atoms with Crippen LogP contribution in [0.3, 0.4) is 0 Å². The molecule has 0 atom stereocenters. The largest absolute Gasteiger partial charge is 0.453 e. The van der Waals surface area contributed by atoms with E-state index < -0.39 is 6.09 Å². The number of halogens is 1. The minimum Gasteiger partial charge on any atom is -0.453 e. The summed E-state index contributed by atoms with van der Waals surface area (Å²) in [6.45, 7) is 4.92. The molecule has 1 fully saturated rings. The van der Waals surface area contributed by atoms with Gasteiger partial charge in [0.15, 0.2) is 5.13 Å². The molecule has 3 heterocycles. The second-order valence-electron chi connectivity index (χ2n) is 7.31. The van der Waals surface area contributed by atoms with Crippen LogP contribution < -0.4 is 10.2 Å². The first-order valence-corrected chi connectivity index (χ1v) is 11.1. The van der Waals surface area contributed by atoms with Crippen molar-refractivity contribution in [2.24, 2.45) is 0 Å². The van der Waals surface area contributed by atoms with E-state index in [1.165, 1.54) is 18.4 Å². The number of amides is 2. The topological polar surface area (TPSA) is 78.0 Å². The van der Waals surface area contributed by atoms with Crippen molar-refractivity contribution in [3.63, 3.8) is 0 Å². The molecule has 2 aromatic rings. The number of thiazole rings is 1. The summed E-state index contributed by atoms with van der Waals surface area (Å²) in [5.74, 6) is 0.159. The summed E-state index contributed by atoms with van der Waals surface area (Å²) in [4.78, 5) is 36.1. The molecule has 1 aromatic carbocycles. The van der Waals surface area contributed by atoms with Gasteiger partial charge in [-0.2, -0.15) is 0 Å². The number of carbonyl (C=O) groups is 2. The SMILES string of the molecule is COC(=O)Nc1nc2c(s1)CN(CC(=O)N1CCN(c3ccc(Cl)cc3)CC1)CC2. The Bertz CT molecular complexity index is 912. The molecule has 0 aliphatic carbocycles. The molecule has 0 unspecified atom stereocenters. The van der Waals surface area contributed by atoms with Gasteiger partial charge < -0.3 is 14.5 Å². The average molecular weight is 450 g/mol. The average Bonchev–Trinajstić information content (AvgIpc) is 3.15. The maximum atomic E-state index is 12.8. The summed E-state index contributed by atoms with van der Waals surface area (Å²) in [6.07, 6.45) is 0.248. The van der Waals surface area contributed by atoms with Crippen molar-refractivity contribution in [2.45, 2.75) is 13.0 Å². The Morgan fingerprint density at radius 2 is 1.90 bits per heavy atom. The predicted octanol–water partition coefficient (Wildman–Crippen LogP) is 2.68. The fourth-order valence-corrected chi connectivity index (χ4v) is 4.89. The lowest BCUT2D eigenvalue weighted by molar-refractivity contribution is -0.132. The standard InChI is InChI=1S/C20H24ClN5O3S/c1-29-20(28)23-19-22-16-6-7-24(12-17(16)30-19)13-18(27)26-10-8-25(9-11-26)15-4-2-14(21)3-5-15/h2-5H,6-13H2,1H3,(H,22,23,28). The van der Waals surface area contributed by atoms with E-state index in [1.54, 1.807) is 0 Å². The Kier molecular flexibility index (Phi) is 6.40. The van der Waals surface area contributed by atoms with Gasteiger partial charge in [0, 0.05) is 61.3 Å². The van der Waals surface area contributed by atoms with Gasteiger partial charge in [-0.25, -0.2) is 9.78 Å². The molecular formula is C20H24ClN5O3S. The normalized spacial score (nSPS) is 16.9. The van der Waals surface area contributed by atoms with Crippen LogP contribution in [-0.2, 0) is 22.5 Å². The first-order chi connectivity index (χ1) is 14.5. The molecule has 4 rings (SSSR count). The van der Waals surface area contributed by atoms with E-state index in [2.05, 4.69) is 24.8 Å². The van der Waals surface area contributed by atoms with Crippen LogP contribution >= 0.6 is 22.9 Å². The maximum Gasteiger partial charge on any atom is 0.413 e. The monoisotopic (exact) mass is 449 g/mol. The molecule has 8 nitrogen and oxygen atoms in total. The minimum absolute atomic E-state index is 0.159. The van der Waals surface area contributed by atoms with Crippen molar-refractivity contribution in [1.29, 1.82) is 0 Å². The number of hydrogen-bond acceptors (Lipinski definition) is 7. The van der Waals surface area contributed by atoms with Crippen LogP contribution in [0.5, 0.6) is 0 Å². The van der Waals surface area contributed by atoms with Gasteiger partial charge in [-0.1, -0.05) is 22.9 Å². The molecule has 0 saturated carbocycles. The third-order valence-corrected chi connectivity index (χ3v) is 6.64. The summed E-state index contributed by atoms with van der Waals surface area (Å²) in [7, 11) is 1.32. The highest BCUT2D eigenvalue weighted by Crippen LogP contribution is 2.28. The van der Waals surface area contributed by atoms with Gasteiger partial charge in [0.25, 0.3) is 0 Å². The lowest BCUT2D eigenvalue weighted by Crippen LogP contribution is -2.51. The van der Waals surface area contributed by atoms with E-state index in [-0.39, 0.29) is 5.91 Å². The van der Waals surface area contributed by atoms with Gasteiger partial charge >= 0.3 is 6.09 Å². The Labute approximate surface area is 184 Å². The number of hydrogen-bond donors (Lipinski definition) is 1. The molecule has 0 radical (unpaired) electrons. The van der Waals surface area contributed by atoms with Crippen LogP contribution in [0.15, 0.2) is 24.3 Å². The fraction of sp³-hybridized carbons (Fsp3) is 0.450. The van der Waals surface area contributed by atoms with E-state index in [9.17, 15) is 9.59 Å². The molecule has 0 bridgehead atoms. The first-order valence-electron chi connectivity index (χ1n) is 9.86. The van der Waals surface area contributed by atoms with Crippen molar-refractivity contribution < 1.29 is 14.3 Å². The third-order valence-electron chi connectivity index (χ3n) is 5.39. The van der Waals surface area contributed by atoms with Gasteiger partial charge in [0.1, 0.15) is 0 Å². The summed E-state index contributed by atoms with van der Waals surface area (Å²) in [5.41, 5.74) is 2.13. The van der Waals surface area contributed by atoms with Crippen LogP contribution in [0.1, 0.15) is 10.6 Å². The van der Waals surface area contributed by atoms with E-state index in [0.29, 0.717) is 31.3 Å². The number of anilines is 2. The molecular weight excluding hydrogens is 426 g/mol. The summed E-state index contributed by atoms with van der Waals surface area (Å²) < 4.78 is 4.61. The smallest absolute Gasteiger partial charge is 0.413 e. The lowest BCUT2D eigenvalue weighted by atomic mass is 10.2. The highest BCUT2D eigenvalue weighted by molar-refractivity contribution is 7.15. The highest BCUT2D eigenvalue weighted by atomic mass is 35.5. The van der Waals surface area contributed by atoms with Gasteiger partial charge in [-0.3, -0.25) is 15.0 Å². The second-order valence-corrected chi connectivity index (χ2v) is 8.83. The van der Waals surface area contributed by atoms with Crippen LogP contribution in [0.25, 0.3) is 0 Å². The Morgan fingerprint density at radius 1 is 1.17 bits per heavy atom. The zero-order chi connectivity index (χ0) is 21.1. The number of carbonyl (C=O) groups excluding carboxylic acids is 2. The van der Waals surface area contributed by atoms with E-state index in [1.807, 2.05) is 29.2 Å². The second kappa shape index (κ2) is 9.20. The van der Waals surface area contributed by atoms with Crippen molar-refractivity contribution in [3.05, 3.63) is 39.9 Å². The quantitative estimate of drug-likeness (QED) is 0.773. The zero-order valence-corrected chi connectivity index (χ0v) is 18.3. The van der Waals surface area contributed by atoms with Gasteiger partial charge in [-0.15, -0.1) is 0 Å². The van der Waals surface area contributed by atoms with Crippen LogP contribution in [0, 0.1) is 0 Å². The van der Waals surface area contributed by atoms with E-state index >= 15 is 0 Å². The number of nitrogens with one attached hydrogen (secondary N) is 1. The first kappa shape index (κ1) is 20.9. The maximum absolute atomic E-state index is 12.8. The molecule has 2 amide bonds. The van der Waals surface area contributed by atoms with Crippen molar-refractivity contribution in [2.75, 3.05) is 56.6 Å². The number of aromatic nitrogens is 1.